The highest BCUT2D eigenvalue weighted by molar-refractivity contribution is 5.64. The third-order valence-corrected chi connectivity index (χ3v) is 7.99. The van der Waals surface area contributed by atoms with E-state index in [9.17, 15) is 35.7 Å². The van der Waals surface area contributed by atoms with Gasteiger partial charge in [0.05, 0.1) is 41.7 Å². The van der Waals surface area contributed by atoms with E-state index < -0.39 is 55.1 Å². The summed E-state index contributed by atoms with van der Waals surface area (Å²) in [5, 5.41) is 72.6. The summed E-state index contributed by atoms with van der Waals surface area (Å²) in [4.78, 5) is 0. The van der Waals surface area contributed by atoms with Crippen molar-refractivity contribution in [3.63, 3.8) is 0 Å². The second-order valence-electron chi connectivity index (χ2n) is 10.1. The number of aliphatic hydroxyl groups is 5. The largest absolute Gasteiger partial charge is 0.502 e. The van der Waals surface area contributed by atoms with Gasteiger partial charge in [-0.3, -0.25) is 0 Å². The summed E-state index contributed by atoms with van der Waals surface area (Å²) in [5.41, 5.74) is 1.88. The van der Waals surface area contributed by atoms with Crippen LogP contribution in [0.1, 0.15) is 22.6 Å². The zero-order chi connectivity index (χ0) is 30.0. The average molecular weight is 583 g/mol. The highest BCUT2D eigenvalue weighted by Gasteiger charge is 2.46. The number of methoxy groups -OCH3 is 4. The maximum absolute atomic E-state index is 11.0. The molecule has 0 amide bonds. The first-order valence-corrected chi connectivity index (χ1v) is 13.1. The molecule has 0 radical (unpaired) electrons. The lowest BCUT2D eigenvalue weighted by molar-refractivity contribution is -0.304. The summed E-state index contributed by atoms with van der Waals surface area (Å²) in [5.74, 6) is -1.51. The number of phenols is 2. The molecule has 1 fully saturated rings. The Kier molecular flexibility index (Phi) is 9.70. The van der Waals surface area contributed by atoms with E-state index in [1.54, 1.807) is 18.2 Å². The Hall–Kier alpha value is -3.04. The van der Waals surface area contributed by atoms with E-state index >= 15 is 0 Å². The number of hydrogen-bond acceptors (Lipinski definition) is 13. The standard InChI is InChI=1S/C28H38O13/c1-36-16-7-13(8-17(37-2)22(16)31)20-15(11-40-28-26(35)25(34)23(32)19(10-30)41-28)14(9-29)5-12-6-18(38-3)24(33)27(39-4)21(12)20/h6-8,14-15,19-20,23,25-26,28-35H,5,9-11H2,1-4H3/t14-,15+,19-,20-,23-,25+,26-,28-/m0/s1. The number of aliphatic hydroxyl groups excluding tert-OH is 5. The zero-order valence-electron chi connectivity index (χ0n) is 23.3. The van der Waals surface area contributed by atoms with Gasteiger partial charge in [0.15, 0.2) is 29.3 Å². The van der Waals surface area contributed by atoms with Crippen LogP contribution in [0, 0.1) is 11.8 Å². The lowest BCUT2D eigenvalue weighted by atomic mass is 9.66. The molecule has 1 aliphatic carbocycles. The third kappa shape index (κ3) is 5.58. The van der Waals surface area contributed by atoms with Crippen molar-refractivity contribution in [3.05, 3.63) is 34.9 Å². The molecule has 41 heavy (non-hydrogen) atoms. The molecule has 0 spiro atoms. The van der Waals surface area contributed by atoms with Crippen LogP contribution >= 0.6 is 0 Å². The minimum Gasteiger partial charge on any atom is -0.502 e. The Morgan fingerprint density at radius 1 is 0.780 bits per heavy atom. The second kappa shape index (κ2) is 12.9. The Morgan fingerprint density at radius 2 is 1.39 bits per heavy atom. The van der Waals surface area contributed by atoms with E-state index in [2.05, 4.69) is 0 Å². The van der Waals surface area contributed by atoms with E-state index in [4.69, 9.17) is 28.4 Å². The molecule has 13 nitrogen and oxygen atoms in total. The fourth-order valence-corrected chi connectivity index (χ4v) is 5.83. The smallest absolute Gasteiger partial charge is 0.201 e. The molecule has 4 rings (SSSR count). The molecule has 2 aromatic carbocycles. The number of rotatable bonds is 10. The predicted octanol–water partition coefficient (Wildman–Crippen LogP) is -0.139. The molecular formula is C28H38O13. The molecule has 1 saturated heterocycles. The zero-order valence-corrected chi connectivity index (χ0v) is 23.3. The Bertz CT molecular complexity index is 1180. The van der Waals surface area contributed by atoms with Crippen LogP contribution in [0.4, 0.5) is 0 Å². The van der Waals surface area contributed by atoms with Gasteiger partial charge in [0.2, 0.25) is 11.5 Å². The highest BCUT2D eigenvalue weighted by atomic mass is 16.7. The van der Waals surface area contributed by atoms with Gasteiger partial charge in [-0.1, -0.05) is 0 Å². The number of aromatic hydroxyl groups is 2. The van der Waals surface area contributed by atoms with Crippen LogP contribution in [0.25, 0.3) is 0 Å². The summed E-state index contributed by atoms with van der Waals surface area (Å²) in [6.07, 6.45) is -7.02. The summed E-state index contributed by atoms with van der Waals surface area (Å²) < 4.78 is 33.3. The topological polar surface area (TPSA) is 197 Å². The van der Waals surface area contributed by atoms with Crippen LogP contribution in [-0.4, -0.2) is 115 Å². The number of hydrogen-bond donors (Lipinski definition) is 7. The number of ether oxygens (including phenoxy) is 6. The van der Waals surface area contributed by atoms with E-state index in [0.717, 1.165) is 5.56 Å². The van der Waals surface area contributed by atoms with E-state index in [0.29, 0.717) is 17.5 Å². The quantitative estimate of drug-likeness (QED) is 0.196. The van der Waals surface area contributed by atoms with Gasteiger partial charge >= 0.3 is 0 Å². The molecule has 0 unspecified atom stereocenters. The molecule has 1 aliphatic heterocycles. The van der Waals surface area contributed by atoms with E-state index in [-0.39, 0.29) is 47.7 Å². The van der Waals surface area contributed by atoms with Gasteiger partial charge in [-0.15, -0.1) is 0 Å². The first-order valence-electron chi connectivity index (χ1n) is 13.1. The van der Waals surface area contributed by atoms with Gasteiger partial charge in [0, 0.05) is 18.1 Å². The van der Waals surface area contributed by atoms with Crippen molar-refractivity contribution < 1.29 is 64.2 Å². The minimum atomic E-state index is -1.63. The Labute approximate surface area is 237 Å². The van der Waals surface area contributed by atoms with Crippen molar-refractivity contribution in [1.82, 2.24) is 0 Å². The van der Waals surface area contributed by atoms with Crippen molar-refractivity contribution in [3.8, 4) is 34.5 Å². The molecule has 2 aromatic rings. The Balaban J connectivity index is 1.85. The van der Waals surface area contributed by atoms with E-state index in [1.807, 2.05) is 0 Å². The van der Waals surface area contributed by atoms with Gasteiger partial charge in [-0.25, -0.2) is 0 Å². The first-order chi connectivity index (χ1) is 19.6. The van der Waals surface area contributed by atoms with Crippen molar-refractivity contribution in [2.45, 2.75) is 43.0 Å². The van der Waals surface area contributed by atoms with Crippen molar-refractivity contribution in [2.24, 2.45) is 11.8 Å². The lowest BCUT2D eigenvalue weighted by Crippen LogP contribution is -2.59. The molecule has 8 atom stereocenters. The lowest BCUT2D eigenvalue weighted by Gasteiger charge is -2.43. The average Bonchev–Trinajstić information content (AvgIpc) is 2.98. The van der Waals surface area contributed by atoms with E-state index in [1.165, 1.54) is 28.4 Å². The van der Waals surface area contributed by atoms with Crippen LogP contribution in [0.3, 0.4) is 0 Å². The summed E-state index contributed by atoms with van der Waals surface area (Å²) >= 11 is 0. The van der Waals surface area contributed by atoms with Gasteiger partial charge in [-0.05, 0) is 47.6 Å². The van der Waals surface area contributed by atoms with Gasteiger partial charge in [-0.2, -0.15) is 0 Å². The highest BCUT2D eigenvalue weighted by Crippen LogP contribution is 2.54. The summed E-state index contributed by atoms with van der Waals surface area (Å²) in [6.45, 7) is -1.02. The van der Waals surface area contributed by atoms with Crippen molar-refractivity contribution >= 4 is 0 Å². The molecule has 0 saturated carbocycles. The fourth-order valence-electron chi connectivity index (χ4n) is 5.83. The molecule has 228 valence electrons. The molecule has 13 heteroatoms. The van der Waals surface area contributed by atoms with Gasteiger partial charge in [0.25, 0.3) is 0 Å². The first kappa shape index (κ1) is 30.9. The maximum atomic E-state index is 11.0. The molecule has 7 N–H and O–H groups in total. The number of fused-ring (bicyclic) bond motifs is 1. The predicted molar refractivity (Wildman–Crippen MR) is 142 cm³/mol. The number of phenolic OH excluding ortho intramolecular Hbond substituents is 2. The van der Waals surface area contributed by atoms with Crippen LogP contribution in [0.2, 0.25) is 0 Å². The monoisotopic (exact) mass is 582 g/mol. The molecule has 2 aliphatic rings. The summed E-state index contributed by atoms with van der Waals surface area (Å²) in [7, 11) is 5.60. The Morgan fingerprint density at radius 3 is 1.93 bits per heavy atom. The molecule has 0 bridgehead atoms. The normalized spacial score (nSPS) is 29.5. The van der Waals surface area contributed by atoms with Crippen molar-refractivity contribution in [1.29, 1.82) is 0 Å². The maximum Gasteiger partial charge on any atom is 0.201 e. The van der Waals surface area contributed by atoms with Crippen LogP contribution in [0.15, 0.2) is 18.2 Å². The van der Waals surface area contributed by atoms with Crippen LogP contribution in [0.5, 0.6) is 34.5 Å². The van der Waals surface area contributed by atoms with Crippen LogP contribution in [-0.2, 0) is 15.9 Å². The SMILES string of the molecule is COc1cc([C@@H]2c3c(cc(OC)c(O)c3OC)C[C@@H](CO)[C@H]2CO[C@H]2O[C@@H](CO)[C@H](O)[C@@H](O)[C@@H]2O)cc(OC)c1O. The molecule has 0 aromatic heterocycles. The van der Waals surface area contributed by atoms with Gasteiger partial charge in [0.1, 0.15) is 24.4 Å². The van der Waals surface area contributed by atoms with Crippen LogP contribution < -0.4 is 18.9 Å². The minimum absolute atomic E-state index is 0.123. The number of benzene rings is 2. The summed E-state index contributed by atoms with van der Waals surface area (Å²) in [6, 6.07) is 4.88. The third-order valence-electron chi connectivity index (χ3n) is 7.99. The van der Waals surface area contributed by atoms with Gasteiger partial charge < -0.3 is 64.2 Å². The van der Waals surface area contributed by atoms with Crippen molar-refractivity contribution in [2.75, 3.05) is 48.3 Å². The second-order valence-corrected chi connectivity index (χ2v) is 10.1. The molecular weight excluding hydrogens is 544 g/mol. The molecule has 1 heterocycles. The fraction of sp³-hybridized carbons (Fsp3) is 0.571.